The zero-order valence-corrected chi connectivity index (χ0v) is 12.6. The van der Waals surface area contributed by atoms with E-state index in [1.165, 1.54) is 6.42 Å². The van der Waals surface area contributed by atoms with Gasteiger partial charge in [0.1, 0.15) is 5.82 Å². The van der Waals surface area contributed by atoms with Crippen molar-refractivity contribution >= 4 is 5.82 Å². The predicted molar refractivity (Wildman–Crippen MR) is 86.0 cm³/mol. The summed E-state index contributed by atoms with van der Waals surface area (Å²) in [5, 5.41) is 12.0. The maximum atomic E-state index is 8.94. The first kappa shape index (κ1) is 16.2. The van der Waals surface area contributed by atoms with Gasteiger partial charge in [-0.05, 0) is 35.2 Å². The summed E-state index contributed by atoms with van der Waals surface area (Å²) in [5.74, 6) is 0.857. The van der Waals surface area contributed by atoms with Crippen LogP contribution in [-0.2, 0) is 6.42 Å². The molecule has 0 amide bonds. The Balaban J connectivity index is 0.000000612. The molecule has 108 valence electrons. The predicted octanol–water partition coefficient (Wildman–Crippen LogP) is 3.74. The molecular weight excluding hydrogens is 248 g/mol. The second-order valence-corrected chi connectivity index (χ2v) is 4.56. The van der Waals surface area contributed by atoms with E-state index < -0.39 is 0 Å². The fourth-order valence-corrected chi connectivity index (χ4v) is 1.78. The van der Waals surface area contributed by atoms with Crippen molar-refractivity contribution in [1.29, 1.82) is 0 Å². The third-order valence-corrected chi connectivity index (χ3v) is 2.68. The standard InChI is InChI=1S/C14H16N2O.C3H8/c1-15-14-10-13(5-7-16-14)12-4-2-3-11(9-12)6-8-17;1-3-2/h2-5,7,9-10,17H,6,8H2,1H3,(H,15,16);3H2,1-2H3. The molecule has 0 radical (unpaired) electrons. The minimum atomic E-state index is 0.182. The summed E-state index contributed by atoms with van der Waals surface area (Å²) in [5.41, 5.74) is 3.42. The minimum Gasteiger partial charge on any atom is -0.396 e. The molecule has 0 atom stereocenters. The van der Waals surface area contributed by atoms with Gasteiger partial charge in [0, 0.05) is 19.9 Å². The van der Waals surface area contributed by atoms with Crippen LogP contribution < -0.4 is 5.32 Å². The van der Waals surface area contributed by atoms with Gasteiger partial charge < -0.3 is 10.4 Å². The Morgan fingerprint density at radius 2 is 1.80 bits per heavy atom. The summed E-state index contributed by atoms with van der Waals surface area (Å²) >= 11 is 0. The number of aliphatic hydroxyl groups excluding tert-OH is 1. The van der Waals surface area contributed by atoms with Crippen molar-refractivity contribution in [2.24, 2.45) is 0 Å². The van der Waals surface area contributed by atoms with Gasteiger partial charge in [0.25, 0.3) is 0 Å². The molecule has 0 unspecified atom stereocenters. The fraction of sp³-hybridized carbons (Fsp3) is 0.353. The van der Waals surface area contributed by atoms with E-state index in [1.54, 1.807) is 6.20 Å². The SMILES string of the molecule is CCC.CNc1cc(-c2cccc(CCO)c2)ccn1. The van der Waals surface area contributed by atoms with E-state index in [9.17, 15) is 0 Å². The molecule has 1 aromatic carbocycles. The Labute approximate surface area is 121 Å². The first-order chi connectivity index (χ1) is 9.74. The van der Waals surface area contributed by atoms with Crippen LogP contribution in [0.2, 0.25) is 0 Å². The number of aromatic nitrogens is 1. The van der Waals surface area contributed by atoms with Crippen LogP contribution in [0.15, 0.2) is 42.6 Å². The van der Waals surface area contributed by atoms with Crippen LogP contribution in [0.1, 0.15) is 25.8 Å². The first-order valence-electron chi connectivity index (χ1n) is 7.09. The molecule has 2 rings (SSSR count). The topological polar surface area (TPSA) is 45.1 Å². The van der Waals surface area contributed by atoms with E-state index in [-0.39, 0.29) is 6.61 Å². The van der Waals surface area contributed by atoms with Crippen molar-refractivity contribution in [3.63, 3.8) is 0 Å². The molecule has 0 aliphatic carbocycles. The van der Waals surface area contributed by atoms with Crippen LogP contribution in [0.5, 0.6) is 0 Å². The lowest BCUT2D eigenvalue weighted by Crippen LogP contribution is -1.93. The van der Waals surface area contributed by atoms with E-state index in [2.05, 4.69) is 36.3 Å². The smallest absolute Gasteiger partial charge is 0.126 e. The van der Waals surface area contributed by atoms with Crippen molar-refractivity contribution < 1.29 is 5.11 Å². The highest BCUT2D eigenvalue weighted by molar-refractivity contribution is 5.66. The number of nitrogens with one attached hydrogen (secondary N) is 1. The van der Waals surface area contributed by atoms with Crippen molar-refractivity contribution in [3.8, 4) is 11.1 Å². The molecule has 20 heavy (non-hydrogen) atoms. The molecule has 2 aromatic rings. The molecule has 3 heteroatoms. The number of hydrogen-bond donors (Lipinski definition) is 2. The second kappa shape index (κ2) is 9.10. The summed E-state index contributed by atoms with van der Waals surface area (Å²) in [7, 11) is 1.86. The molecule has 3 nitrogen and oxygen atoms in total. The molecule has 0 aliphatic heterocycles. The minimum absolute atomic E-state index is 0.182. The average Bonchev–Trinajstić information content (AvgIpc) is 2.49. The fourth-order valence-electron chi connectivity index (χ4n) is 1.78. The van der Waals surface area contributed by atoms with Gasteiger partial charge in [-0.25, -0.2) is 4.98 Å². The van der Waals surface area contributed by atoms with Gasteiger partial charge >= 0.3 is 0 Å². The Morgan fingerprint density at radius 3 is 2.45 bits per heavy atom. The van der Waals surface area contributed by atoms with E-state index in [0.717, 1.165) is 22.5 Å². The lowest BCUT2D eigenvalue weighted by Gasteiger charge is -2.06. The molecule has 2 N–H and O–H groups in total. The van der Waals surface area contributed by atoms with Crippen LogP contribution in [-0.4, -0.2) is 23.7 Å². The van der Waals surface area contributed by atoms with Gasteiger partial charge in [-0.1, -0.05) is 44.5 Å². The molecule has 1 heterocycles. The Kier molecular flexibility index (Phi) is 7.36. The molecule has 0 aliphatic rings. The van der Waals surface area contributed by atoms with Crippen LogP contribution >= 0.6 is 0 Å². The third kappa shape index (κ3) is 5.02. The number of anilines is 1. The Hall–Kier alpha value is -1.87. The highest BCUT2D eigenvalue weighted by Gasteiger charge is 2.00. The number of pyridine rings is 1. The highest BCUT2D eigenvalue weighted by Crippen LogP contribution is 2.22. The quantitative estimate of drug-likeness (QED) is 0.891. The number of hydrogen-bond acceptors (Lipinski definition) is 3. The van der Waals surface area contributed by atoms with Gasteiger partial charge in [0.2, 0.25) is 0 Å². The van der Waals surface area contributed by atoms with Crippen LogP contribution in [0.25, 0.3) is 11.1 Å². The normalized spacial score (nSPS) is 9.60. The van der Waals surface area contributed by atoms with Crippen molar-refractivity contribution in [2.45, 2.75) is 26.7 Å². The van der Waals surface area contributed by atoms with Crippen molar-refractivity contribution in [1.82, 2.24) is 4.98 Å². The van der Waals surface area contributed by atoms with Gasteiger partial charge in [-0.2, -0.15) is 0 Å². The van der Waals surface area contributed by atoms with Crippen LogP contribution in [0.4, 0.5) is 5.82 Å². The Bertz CT molecular complexity index is 512. The molecule has 0 spiro atoms. The Morgan fingerprint density at radius 1 is 1.10 bits per heavy atom. The average molecular weight is 272 g/mol. The molecular formula is C17H24N2O. The lowest BCUT2D eigenvalue weighted by molar-refractivity contribution is 0.299. The molecule has 0 fully saturated rings. The first-order valence-corrected chi connectivity index (χ1v) is 7.09. The van der Waals surface area contributed by atoms with Gasteiger partial charge in [-0.15, -0.1) is 0 Å². The van der Waals surface area contributed by atoms with Crippen LogP contribution in [0.3, 0.4) is 0 Å². The maximum Gasteiger partial charge on any atom is 0.126 e. The molecule has 0 saturated carbocycles. The molecule has 1 aromatic heterocycles. The summed E-state index contributed by atoms with van der Waals surface area (Å²) in [4.78, 5) is 4.19. The largest absolute Gasteiger partial charge is 0.396 e. The number of nitrogens with zero attached hydrogens (tertiary/aromatic N) is 1. The van der Waals surface area contributed by atoms with E-state index in [4.69, 9.17) is 5.11 Å². The summed E-state index contributed by atoms with van der Waals surface area (Å²) in [6, 6.07) is 12.2. The molecule has 0 bridgehead atoms. The van der Waals surface area contributed by atoms with E-state index >= 15 is 0 Å². The number of aliphatic hydroxyl groups is 1. The zero-order chi connectivity index (χ0) is 14.8. The number of rotatable bonds is 4. The van der Waals surface area contributed by atoms with Gasteiger partial charge in [0.05, 0.1) is 0 Å². The van der Waals surface area contributed by atoms with Crippen LogP contribution in [0, 0.1) is 0 Å². The zero-order valence-electron chi connectivity index (χ0n) is 12.6. The third-order valence-electron chi connectivity index (χ3n) is 2.68. The molecule has 0 saturated heterocycles. The summed E-state index contributed by atoms with van der Waals surface area (Å²) < 4.78 is 0. The second-order valence-electron chi connectivity index (χ2n) is 4.56. The van der Waals surface area contributed by atoms with Gasteiger partial charge in [0.15, 0.2) is 0 Å². The summed E-state index contributed by atoms with van der Waals surface area (Å²) in [6.45, 7) is 4.43. The van der Waals surface area contributed by atoms with E-state index in [1.807, 2.05) is 31.3 Å². The van der Waals surface area contributed by atoms with Gasteiger partial charge in [-0.3, -0.25) is 0 Å². The van der Waals surface area contributed by atoms with Crippen molar-refractivity contribution in [2.75, 3.05) is 19.0 Å². The highest BCUT2D eigenvalue weighted by atomic mass is 16.2. The van der Waals surface area contributed by atoms with Crippen molar-refractivity contribution in [3.05, 3.63) is 48.2 Å². The lowest BCUT2D eigenvalue weighted by atomic mass is 10.0. The van der Waals surface area contributed by atoms with E-state index in [0.29, 0.717) is 6.42 Å². The maximum absolute atomic E-state index is 8.94. The summed E-state index contributed by atoms with van der Waals surface area (Å²) in [6.07, 6.45) is 3.73. The number of benzene rings is 1. The monoisotopic (exact) mass is 272 g/mol.